The first-order valence-electron chi connectivity index (χ1n) is 8.55. The van der Waals surface area contributed by atoms with Crippen LogP contribution in [0.3, 0.4) is 0 Å². The predicted molar refractivity (Wildman–Crippen MR) is 94.8 cm³/mol. The van der Waals surface area contributed by atoms with E-state index in [0.717, 1.165) is 37.4 Å². The summed E-state index contributed by atoms with van der Waals surface area (Å²) < 4.78 is 16.6. The zero-order valence-corrected chi connectivity index (χ0v) is 14.4. The zero-order chi connectivity index (χ0) is 17.6. The van der Waals surface area contributed by atoms with Gasteiger partial charge in [0.15, 0.2) is 0 Å². The average Bonchev–Trinajstić information content (AvgIpc) is 3.12. The van der Waals surface area contributed by atoms with E-state index >= 15 is 0 Å². The minimum absolute atomic E-state index is 0.234. The quantitative estimate of drug-likeness (QED) is 0.841. The minimum Gasteiger partial charge on any atom is -0.493 e. The molecule has 0 aliphatic carbocycles. The fraction of sp³-hybridized carbons (Fsp3) is 0.421. The van der Waals surface area contributed by atoms with Crippen molar-refractivity contribution in [3.8, 4) is 5.75 Å². The number of carbonyl (C=O) groups is 1. The summed E-state index contributed by atoms with van der Waals surface area (Å²) in [7, 11) is 0. The van der Waals surface area contributed by atoms with Crippen molar-refractivity contribution in [1.82, 2.24) is 0 Å². The van der Waals surface area contributed by atoms with Gasteiger partial charge in [-0.2, -0.15) is 0 Å². The highest BCUT2D eigenvalue weighted by Gasteiger charge is 2.15. The smallest absolute Gasteiger partial charge is 0.258 e. The van der Waals surface area contributed by atoms with Crippen LogP contribution in [0, 0.1) is 12.8 Å². The molecule has 134 valence electrons. The second kappa shape index (κ2) is 8.18. The van der Waals surface area contributed by atoms with Gasteiger partial charge >= 0.3 is 0 Å². The van der Waals surface area contributed by atoms with Crippen molar-refractivity contribution in [3.63, 3.8) is 0 Å². The topological polar surface area (TPSA) is 86.7 Å². The molecule has 1 saturated heterocycles. The van der Waals surface area contributed by atoms with E-state index in [0.29, 0.717) is 29.5 Å². The first-order valence-corrected chi connectivity index (χ1v) is 8.55. The third kappa shape index (κ3) is 4.61. The van der Waals surface area contributed by atoms with E-state index in [1.807, 2.05) is 25.1 Å². The van der Waals surface area contributed by atoms with Gasteiger partial charge in [-0.3, -0.25) is 4.79 Å². The number of amides is 1. The van der Waals surface area contributed by atoms with Gasteiger partial charge in [0.05, 0.1) is 18.7 Å². The van der Waals surface area contributed by atoms with Crippen LogP contribution in [-0.2, 0) is 11.3 Å². The lowest BCUT2D eigenvalue weighted by molar-refractivity contribution is 0.0496. The third-order valence-electron chi connectivity index (χ3n) is 4.38. The second-order valence-corrected chi connectivity index (χ2v) is 6.31. The van der Waals surface area contributed by atoms with Crippen LogP contribution in [0.15, 0.2) is 34.9 Å². The molecule has 6 heteroatoms. The summed E-state index contributed by atoms with van der Waals surface area (Å²) in [6, 6.07) is 7.30. The first-order chi connectivity index (χ1) is 12.2. The van der Waals surface area contributed by atoms with Gasteiger partial charge in [-0.05, 0) is 43.4 Å². The molecule has 3 rings (SSSR count). The molecule has 1 aliphatic rings. The largest absolute Gasteiger partial charge is 0.493 e. The molecule has 0 unspecified atom stereocenters. The molecule has 1 aromatic heterocycles. The van der Waals surface area contributed by atoms with E-state index in [-0.39, 0.29) is 12.5 Å². The lowest BCUT2D eigenvalue weighted by atomic mass is 10.0. The van der Waals surface area contributed by atoms with Crippen LogP contribution in [0.25, 0.3) is 0 Å². The lowest BCUT2D eigenvalue weighted by Crippen LogP contribution is -2.21. The van der Waals surface area contributed by atoms with E-state index in [9.17, 15) is 4.79 Å². The van der Waals surface area contributed by atoms with Gasteiger partial charge in [-0.25, -0.2) is 0 Å². The van der Waals surface area contributed by atoms with Gasteiger partial charge in [-0.15, -0.1) is 0 Å². The number of rotatable bonds is 6. The Kier molecular flexibility index (Phi) is 5.73. The number of ether oxygens (including phenoxy) is 2. The molecule has 2 aromatic rings. The summed E-state index contributed by atoms with van der Waals surface area (Å²) in [4.78, 5) is 12.3. The van der Waals surface area contributed by atoms with Gasteiger partial charge in [0.1, 0.15) is 17.8 Å². The molecule has 0 bridgehead atoms. The predicted octanol–water partition coefficient (Wildman–Crippen LogP) is 3.10. The maximum absolute atomic E-state index is 12.3. The van der Waals surface area contributed by atoms with Crippen LogP contribution >= 0.6 is 0 Å². The van der Waals surface area contributed by atoms with Crippen molar-refractivity contribution in [3.05, 3.63) is 47.4 Å². The van der Waals surface area contributed by atoms with E-state index in [1.165, 1.54) is 6.26 Å². The molecule has 1 amide bonds. The summed E-state index contributed by atoms with van der Waals surface area (Å²) in [5.74, 6) is 1.66. The van der Waals surface area contributed by atoms with Crippen LogP contribution in [0.5, 0.6) is 5.75 Å². The lowest BCUT2D eigenvalue weighted by Gasteiger charge is -2.22. The number of hydrogen-bond acceptors (Lipinski definition) is 5. The van der Waals surface area contributed by atoms with Gasteiger partial charge in [-0.1, -0.05) is 6.07 Å². The highest BCUT2D eigenvalue weighted by molar-refractivity contribution is 6.04. The zero-order valence-electron chi connectivity index (χ0n) is 14.4. The Morgan fingerprint density at radius 1 is 1.32 bits per heavy atom. The van der Waals surface area contributed by atoms with E-state index in [4.69, 9.17) is 19.6 Å². The second-order valence-electron chi connectivity index (χ2n) is 6.31. The van der Waals surface area contributed by atoms with Gasteiger partial charge in [0.2, 0.25) is 0 Å². The molecule has 0 atom stereocenters. The molecule has 0 radical (unpaired) electrons. The van der Waals surface area contributed by atoms with Crippen LogP contribution in [0.4, 0.5) is 5.69 Å². The SMILES string of the molecule is Cc1ccc(NC(=O)c2coc(CN)c2)cc1OCC1CCOCC1. The summed E-state index contributed by atoms with van der Waals surface area (Å²) in [6.45, 7) is 4.54. The number of furan rings is 1. The Bertz CT molecular complexity index is 720. The van der Waals surface area contributed by atoms with Crippen molar-refractivity contribution in [2.24, 2.45) is 11.7 Å². The number of nitrogens with two attached hydrogens (primary N) is 1. The standard InChI is InChI=1S/C19H24N2O4/c1-13-2-3-16(21-19(22)15-8-17(10-20)24-12-15)9-18(13)25-11-14-4-6-23-7-5-14/h2-3,8-9,12,14H,4-7,10-11,20H2,1H3,(H,21,22). The van der Waals surface area contributed by atoms with Crippen molar-refractivity contribution in [2.45, 2.75) is 26.3 Å². The Morgan fingerprint density at radius 3 is 2.84 bits per heavy atom. The number of benzene rings is 1. The monoisotopic (exact) mass is 344 g/mol. The Balaban J connectivity index is 1.62. The Morgan fingerprint density at radius 2 is 2.12 bits per heavy atom. The van der Waals surface area contributed by atoms with Crippen LogP contribution in [0.1, 0.15) is 34.5 Å². The van der Waals surface area contributed by atoms with Crippen LogP contribution in [0.2, 0.25) is 0 Å². The average molecular weight is 344 g/mol. The Hall–Kier alpha value is -2.31. The number of carbonyl (C=O) groups excluding carboxylic acids is 1. The summed E-state index contributed by atoms with van der Waals surface area (Å²) in [5, 5.41) is 2.86. The highest BCUT2D eigenvalue weighted by atomic mass is 16.5. The van der Waals surface area contributed by atoms with E-state index < -0.39 is 0 Å². The minimum atomic E-state index is -0.234. The fourth-order valence-electron chi connectivity index (χ4n) is 2.76. The molecule has 1 aliphatic heterocycles. The third-order valence-corrected chi connectivity index (χ3v) is 4.38. The normalized spacial score (nSPS) is 15.1. The van der Waals surface area contributed by atoms with Gasteiger partial charge < -0.3 is 24.9 Å². The van der Waals surface area contributed by atoms with E-state index in [2.05, 4.69) is 5.32 Å². The number of nitrogens with one attached hydrogen (secondary N) is 1. The van der Waals surface area contributed by atoms with Crippen molar-refractivity contribution in [1.29, 1.82) is 0 Å². The van der Waals surface area contributed by atoms with Gasteiger partial charge in [0.25, 0.3) is 5.91 Å². The highest BCUT2D eigenvalue weighted by Crippen LogP contribution is 2.25. The van der Waals surface area contributed by atoms with E-state index in [1.54, 1.807) is 6.07 Å². The molecule has 2 heterocycles. The number of anilines is 1. The molecule has 0 saturated carbocycles. The van der Waals surface area contributed by atoms with Crippen molar-refractivity contribution >= 4 is 11.6 Å². The molecule has 1 fully saturated rings. The summed E-state index contributed by atoms with van der Waals surface area (Å²) in [6.07, 6.45) is 3.47. The van der Waals surface area contributed by atoms with Crippen molar-refractivity contribution < 1.29 is 18.7 Å². The maximum Gasteiger partial charge on any atom is 0.258 e. The summed E-state index contributed by atoms with van der Waals surface area (Å²) in [5.41, 5.74) is 7.68. The molecule has 0 spiro atoms. The van der Waals surface area contributed by atoms with Crippen LogP contribution in [-0.4, -0.2) is 25.7 Å². The maximum atomic E-state index is 12.3. The number of aryl methyl sites for hydroxylation is 1. The first kappa shape index (κ1) is 17.5. The molecule has 25 heavy (non-hydrogen) atoms. The Labute approximate surface area is 147 Å². The fourth-order valence-corrected chi connectivity index (χ4v) is 2.76. The molecular formula is C19H24N2O4. The molecule has 6 nitrogen and oxygen atoms in total. The van der Waals surface area contributed by atoms with Gasteiger partial charge in [0, 0.05) is 25.0 Å². The molecular weight excluding hydrogens is 320 g/mol. The molecule has 1 aromatic carbocycles. The number of hydrogen-bond donors (Lipinski definition) is 2. The van der Waals surface area contributed by atoms with Crippen LogP contribution < -0.4 is 15.8 Å². The van der Waals surface area contributed by atoms with Crippen molar-refractivity contribution in [2.75, 3.05) is 25.1 Å². The molecule has 3 N–H and O–H groups in total. The summed E-state index contributed by atoms with van der Waals surface area (Å²) >= 11 is 0.